The number of amides is 2. The summed E-state index contributed by atoms with van der Waals surface area (Å²) in [5.41, 5.74) is 7.08. The lowest BCUT2D eigenvalue weighted by atomic mass is 10.2. The van der Waals surface area contributed by atoms with Gasteiger partial charge in [0.05, 0.1) is 0 Å². The largest absolute Gasteiger partial charge is 0.368 e. The molecule has 1 aliphatic rings. The Morgan fingerprint density at radius 2 is 1.66 bits per heavy atom. The number of primary amides is 1. The standard InChI is InChI=1S/C21H20FN5O2/c22-17-3-7-19(8-4-17)26-9-11-27(12-10-26)21(29)16(13-23)14-25-18-5-1-15(2-6-18)20(24)28/h1-8,14,25H,9-12H2,(H2,24,28)/b16-14-. The van der Waals surface area contributed by atoms with Gasteiger partial charge in [0.2, 0.25) is 5.91 Å². The third-order valence-corrected chi connectivity index (χ3v) is 4.66. The van der Waals surface area contributed by atoms with Crippen molar-refractivity contribution in [2.45, 2.75) is 0 Å². The monoisotopic (exact) mass is 393 g/mol. The third kappa shape index (κ3) is 4.90. The number of nitrogens with two attached hydrogens (primary N) is 1. The molecule has 0 atom stereocenters. The first-order valence-corrected chi connectivity index (χ1v) is 9.04. The summed E-state index contributed by atoms with van der Waals surface area (Å²) in [5, 5.41) is 12.3. The topological polar surface area (TPSA) is 102 Å². The number of carbonyl (C=O) groups is 2. The molecule has 0 aliphatic carbocycles. The second-order valence-electron chi connectivity index (χ2n) is 6.51. The van der Waals surface area contributed by atoms with E-state index in [9.17, 15) is 19.2 Å². The maximum Gasteiger partial charge on any atom is 0.266 e. The molecular weight excluding hydrogens is 373 g/mol. The van der Waals surface area contributed by atoms with Crippen LogP contribution in [0.3, 0.4) is 0 Å². The number of benzene rings is 2. The first kappa shape index (κ1) is 19.9. The van der Waals surface area contributed by atoms with E-state index in [0.717, 1.165) is 5.69 Å². The second-order valence-corrected chi connectivity index (χ2v) is 6.51. The van der Waals surface area contributed by atoms with Gasteiger partial charge in [-0.05, 0) is 48.5 Å². The number of piperazine rings is 1. The maximum atomic E-state index is 13.1. The highest BCUT2D eigenvalue weighted by Gasteiger charge is 2.23. The molecule has 1 aliphatic heterocycles. The minimum absolute atomic E-state index is 0.0146. The first-order chi connectivity index (χ1) is 14.0. The number of nitrogens with zero attached hydrogens (tertiary/aromatic N) is 3. The number of anilines is 2. The smallest absolute Gasteiger partial charge is 0.266 e. The number of halogens is 1. The summed E-state index contributed by atoms with van der Waals surface area (Å²) in [6.07, 6.45) is 1.36. The van der Waals surface area contributed by atoms with Crippen molar-refractivity contribution in [1.82, 2.24) is 4.90 Å². The Morgan fingerprint density at radius 1 is 1.03 bits per heavy atom. The van der Waals surface area contributed by atoms with Crippen LogP contribution in [0.5, 0.6) is 0 Å². The van der Waals surface area contributed by atoms with Gasteiger partial charge in [-0.25, -0.2) is 4.39 Å². The summed E-state index contributed by atoms with van der Waals surface area (Å²) in [5.74, 6) is -1.17. The Kier molecular flexibility index (Phi) is 6.09. The van der Waals surface area contributed by atoms with E-state index in [-0.39, 0.29) is 17.3 Å². The molecule has 3 N–H and O–H groups in total. The van der Waals surface area contributed by atoms with Gasteiger partial charge in [0, 0.05) is 49.3 Å². The average molecular weight is 393 g/mol. The van der Waals surface area contributed by atoms with Crippen LogP contribution >= 0.6 is 0 Å². The predicted molar refractivity (Wildman–Crippen MR) is 107 cm³/mol. The number of carbonyl (C=O) groups excluding carboxylic acids is 2. The summed E-state index contributed by atoms with van der Waals surface area (Å²) >= 11 is 0. The lowest BCUT2D eigenvalue weighted by Gasteiger charge is -2.36. The van der Waals surface area contributed by atoms with Gasteiger partial charge in [-0.1, -0.05) is 0 Å². The first-order valence-electron chi connectivity index (χ1n) is 9.04. The van der Waals surface area contributed by atoms with E-state index in [1.807, 2.05) is 6.07 Å². The van der Waals surface area contributed by atoms with Crippen LogP contribution < -0.4 is 16.0 Å². The average Bonchev–Trinajstić information content (AvgIpc) is 2.75. The highest BCUT2D eigenvalue weighted by atomic mass is 19.1. The lowest BCUT2D eigenvalue weighted by Crippen LogP contribution is -2.49. The van der Waals surface area contributed by atoms with Crippen LogP contribution in [0, 0.1) is 17.1 Å². The molecule has 1 heterocycles. The highest BCUT2D eigenvalue weighted by Crippen LogP contribution is 2.18. The molecule has 1 fully saturated rings. The quantitative estimate of drug-likeness (QED) is 0.598. The van der Waals surface area contributed by atoms with Gasteiger partial charge in [0.1, 0.15) is 17.5 Å². The second kappa shape index (κ2) is 8.89. The fourth-order valence-corrected chi connectivity index (χ4v) is 3.02. The summed E-state index contributed by atoms with van der Waals surface area (Å²) in [7, 11) is 0. The van der Waals surface area contributed by atoms with Gasteiger partial charge in [-0.3, -0.25) is 9.59 Å². The molecular formula is C21H20FN5O2. The molecule has 148 valence electrons. The fourth-order valence-electron chi connectivity index (χ4n) is 3.02. The molecule has 2 aromatic carbocycles. The Bertz CT molecular complexity index is 956. The third-order valence-electron chi connectivity index (χ3n) is 4.66. The number of nitrogens with one attached hydrogen (secondary N) is 1. The van der Waals surface area contributed by atoms with E-state index in [1.165, 1.54) is 18.3 Å². The fraction of sp³-hybridized carbons (Fsp3) is 0.190. The van der Waals surface area contributed by atoms with Crippen LogP contribution in [0.1, 0.15) is 10.4 Å². The molecule has 1 saturated heterocycles. The van der Waals surface area contributed by atoms with Crippen LogP contribution in [0.2, 0.25) is 0 Å². The van der Waals surface area contributed by atoms with Crippen molar-refractivity contribution in [3.05, 3.63) is 71.7 Å². The highest BCUT2D eigenvalue weighted by molar-refractivity contribution is 5.97. The van der Waals surface area contributed by atoms with E-state index in [0.29, 0.717) is 37.4 Å². The van der Waals surface area contributed by atoms with Crippen molar-refractivity contribution in [3.8, 4) is 6.07 Å². The molecule has 0 unspecified atom stereocenters. The Balaban J connectivity index is 1.59. The van der Waals surface area contributed by atoms with Gasteiger partial charge in [-0.15, -0.1) is 0 Å². The van der Waals surface area contributed by atoms with Gasteiger partial charge in [0.25, 0.3) is 5.91 Å². The molecule has 2 aromatic rings. The summed E-state index contributed by atoms with van der Waals surface area (Å²) in [4.78, 5) is 27.4. The van der Waals surface area contributed by atoms with Crippen LogP contribution in [0.25, 0.3) is 0 Å². The summed E-state index contributed by atoms with van der Waals surface area (Å²) in [6.45, 7) is 2.11. The van der Waals surface area contributed by atoms with Crippen molar-refractivity contribution in [2.75, 3.05) is 36.4 Å². The number of nitriles is 1. The van der Waals surface area contributed by atoms with Crippen LogP contribution in [-0.2, 0) is 4.79 Å². The Morgan fingerprint density at radius 3 is 2.21 bits per heavy atom. The number of hydrogen-bond acceptors (Lipinski definition) is 5. The summed E-state index contributed by atoms with van der Waals surface area (Å²) < 4.78 is 13.1. The van der Waals surface area contributed by atoms with Gasteiger partial charge in [0.15, 0.2) is 0 Å². The SMILES string of the molecule is N#C/C(=C/Nc1ccc(C(N)=O)cc1)C(=O)N1CCN(c2ccc(F)cc2)CC1. The Hall–Kier alpha value is -3.86. The Labute approximate surface area is 167 Å². The van der Waals surface area contributed by atoms with Gasteiger partial charge < -0.3 is 20.9 Å². The zero-order chi connectivity index (χ0) is 20.8. The number of hydrogen-bond donors (Lipinski definition) is 2. The molecule has 0 radical (unpaired) electrons. The van der Waals surface area contributed by atoms with Crippen LogP contribution in [-0.4, -0.2) is 42.9 Å². The van der Waals surface area contributed by atoms with Gasteiger partial charge in [-0.2, -0.15) is 5.26 Å². The zero-order valence-corrected chi connectivity index (χ0v) is 15.6. The van der Waals surface area contributed by atoms with E-state index in [4.69, 9.17) is 5.73 Å². The normalized spacial score (nSPS) is 14.3. The molecule has 3 rings (SSSR count). The minimum Gasteiger partial charge on any atom is -0.368 e. The van der Waals surface area contributed by atoms with Gasteiger partial charge >= 0.3 is 0 Å². The molecule has 0 spiro atoms. The molecule has 29 heavy (non-hydrogen) atoms. The zero-order valence-electron chi connectivity index (χ0n) is 15.6. The van der Waals surface area contributed by atoms with Crippen LogP contribution in [0.4, 0.5) is 15.8 Å². The van der Waals surface area contributed by atoms with E-state index >= 15 is 0 Å². The lowest BCUT2D eigenvalue weighted by molar-refractivity contribution is -0.127. The predicted octanol–water partition coefficient (Wildman–Crippen LogP) is 2.09. The van der Waals surface area contributed by atoms with Crippen molar-refractivity contribution < 1.29 is 14.0 Å². The van der Waals surface area contributed by atoms with Crippen molar-refractivity contribution in [2.24, 2.45) is 5.73 Å². The van der Waals surface area contributed by atoms with Crippen LogP contribution in [0.15, 0.2) is 60.3 Å². The molecule has 2 amide bonds. The number of rotatable bonds is 5. The summed E-state index contributed by atoms with van der Waals surface area (Å²) in [6, 6.07) is 14.5. The molecule has 0 saturated carbocycles. The molecule has 0 bridgehead atoms. The van der Waals surface area contributed by atoms with E-state index < -0.39 is 5.91 Å². The van der Waals surface area contributed by atoms with Crippen molar-refractivity contribution in [1.29, 1.82) is 5.26 Å². The molecule has 0 aromatic heterocycles. The molecule has 8 heteroatoms. The van der Waals surface area contributed by atoms with E-state index in [2.05, 4.69) is 10.2 Å². The van der Waals surface area contributed by atoms with Crippen molar-refractivity contribution in [3.63, 3.8) is 0 Å². The van der Waals surface area contributed by atoms with E-state index in [1.54, 1.807) is 41.3 Å². The van der Waals surface area contributed by atoms with Crippen molar-refractivity contribution >= 4 is 23.2 Å². The minimum atomic E-state index is -0.528. The molecule has 7 nitrogen and oxygen atoms in total. The maximum absolute atomic E-state index is 13.1.